The zero-order valence-electron chi connectivity index (χ0n) is 11.5. The fourth-order valence-electron chi connectivity index (χ4n) is 2.43. The molecule has 1 aromatic carbocycles. The molecule has 1 aliphatic rings. The summed E-state index contributed by atoms with van der Waals surface area (Å²) in [6, 6.07) is 1.98. The number of benzene rings is 1. The van der Waals surface area contributed by atoms with Gasteiger partial charge in [-0.1, -0.05) is 0 Å². The highest BCUT2D eigenvalue weighted by molar-refractivity contribution is 7.89. The molecule has 0 amide bonds. The van der Waals surface area contributed by atoms with Crippen LogP contribution < -0.4 is 9.88 Å². The smallest absolute Gasteiger partial charge is 0.241 e. The second-order valence-corrected chi connectivity index (χ2v) is 6.53. The Balaban J connectivity index is 2.20. The summed E-state index contributed by atoms with van der Waals surface area (Å²) in [5, 5.41) is 4.81. The first-order valence-corrected chi connectivity index (χ1v) is 8.07. The molecule has 1 fully saturated rings. The van der Waals surface area contributed by atoms with E-state index in [-0.39, 0.29) is 18.0 Å². The maximum absolute atomic E-state index is 13.9. The Morgan fingerprint density at radius 1 is 1.19 bits per heavy atom. The van der Waals surface area contributed by atoms with Crippen molar-refractivity contribution in [2.24, 2.45) is 5.14 Å². The summed E-state index contributed by atoms with van der Waals surface area (Å²) in [6.07, 6.45) is 2.78. The Labute approximate surface area is 122 Å². The lowest BCUT2D eigenvalue weighted by Crippen LogP contribution is -2.29. The summed E-state index contributed by atoms with van der Waals surface area (Å²) in [6.45, 7) is 0. The normalized spacial score (nSPS) is 23.0. The Kier molecular flexibility index (Phi) is 4.80. The highest BCUT2D eigenvalue weighted by Gasteiger charge is 2.26. The van der Waals surface area contributed by atoms with E-state index in [1.807, 2.05) is 0 Å². The van der Waals surface area contributed by atoms with Crippen molar-refractivity contribution in [3.63, 3.8) is 0 Å². The van der Waals surface area contributed by atoms with Gasteiger partial charge in [-0.3, -0.25) is 0 Å². The van der Waals surface area contributed by atoms with E-state index in [9.17, 15) is 17.2 Å². The number of methoxy groups -OCH3 is 1. The van der Waals surface area contributed by atoms with Gasteiger partial charge < -0.3 is 9.47 Å². The van der Waals surface area contributed by atoms with Crippen molar-refractivity contribution >= 4 is 10.0 Å². The Bertz CT molecular complexity index is 621. The molecule has 1 aliphatic carbocycles. The summed E-state index contributed by atoms with van der Waals surface area (Å²) < 4.78 is 60.5. The lowest BCUT2D eigenvalue weighted by atomic mass is 9.95. The second kappa shape index (κ2) is 6.25. The molecule has 8 heteroatoms. The van der Waals surface area contributed by atoms with Crippen LogP contribution in [0.25, 0.3) is 0 Å². The molecule has 0 bridgehead atoms. The molecule has 0 heterocycles. The van der Waals surface area contributed by atoms with Crippen molar-refractivity contribution in [1.29, 1.82) is 0 Å². The van der Waals surface area contributed by atoms with Gasteiger partial charge in [0, 0.05) is 13.5 Å². The third-order valence-electron chi connectivity index (χ3n) is 3.52. The molecule has 0 aromatic heterocycles. The minimum atomic E-state index is -4.31. The molecule has 0 radical (unpaired) electrons. The zero-order valence-corrected chi connectivity index (χ0v) is 12.3. The van der Waals surface area contributed by atoms with Crippen molar-refractivity contribution in [1.82, 2.24) is 0 Å². The van der Waals surface area contributed by atoms with E-state index >= 15 is 0 Å². The maximum Gasteiger partial charge on any atom is 0.241 e. The first kappa shape index (κ1) is 16.1. The summed E-state index contributed by atoms with van der Waals surface area (Å²) in [5.74, 6) is -3.18. The van der Waals surface area contributed by atoms with E-state index < -0.39 is 26.6 Å². The molecule has 21 heavy (non-hydrogen) atoms. The maximum atomic E-state index is 13.9. The number of rotatable bonds is 4. The van der Waals surface area contributed by atoms with Gasteiger partial charge in [0.15, 0.2) is 11.6 Å². The van der Waals surface area contributed by atoms with Gasteiger partial charge in [0.2, 0.25) is 15.8 Å². The van der Waals surface area contributed by atoms with Crippen LogP contribution in [0.15, 0.2) is 17.0 Å². The first-order valence-electron chi connectivity index (χ1n) is 6.53. The number of nitrogens with two attached hydrogens (primary N) is 1. The molecule has 1 saturated carbocycles. The molecular formula is C13H17F2NO4S. The molecule has 0 aliphatic heterocycles. The molecule has 2 rings (SSSR count). The quantitative estimate of drug-likeness (QED) is 0.919. The van der Waals surface area contributed by atoms with Crippen LogP contribution in [-0.4, -0.2) is 27.7 Å². The summed E-state index contributed by atoms with van der Waals surface area (Å²) >= 11 is 0. The van der Waals surface area contributed by atoms with E-state index in [1.54, 1.807) is 7.11 Å². The van der Waals surface area contributed by atoms with Gasteiger partial charge in [0.1, 0.15) is 11.0 Å². The van der Waals surface area contributed by atoms with Gasteiger partial charge in [-0.05, 0) is 31.4 Å². The van der Waals surface area contributed by atoms with E-state index in [4.69, 9.17) is 14.6 Å². The topological polar surface area (TPSA) is 78.6 Å². The van der Waals surface area contributed by atoms with Gasteiger partial charge in [-0.15, -0.1) is 0 Å². The van der Waals surface area contributed by atoms with E-state index in [0.29, 0.717) is 12.8 Å². The lowest BCUT2D eigenvalue weighted by Gasteiger charge is -2.28. The summed E-state index contributed by atoms with van der Waals surface area (Å²) in [7, 11) is -2.72. The monoisotopic (exact) mass is 321 g/mol. The van der Waals surface area contributed by atoms with Gasteiger partial charge >= 0.3 is 0 Å². The van der Waals surface area contributed by atoms with Crippen molar-refractivity contribution in [3.8, 4) is 5.75 Å². The number of hydrogen-bond donors (Lipinski definition) is 1. The molecule has 1 aromatic rings. The number of hydrogen-bond acceptors (Lipinski definition) is 4. The van der Waals surface area contributed by atoms with Gasteiger partial charge in [0.25, 0.3) is 0 Å². The van der Waals surface area contributed by atoms with Crippen LogP contribution in [-0.2, 0) is 14.8 Å². The van der Waals surface area contributed by atoms with Crippen molar-refractivity contribution in [3.05, 3.63) is 23.8 Å². The van der Waals surface area contributed by atoms with Crippen molar-refractivity contribution in [2.75, 3.05) is 7.11 Å². The Morgan fingerprint density at radius 2 is 1.86 bits per heavy atom. The summed E-state index contributed by atoms with van der Waals surface area (Å²) in [4.78, 5) is -0.884. The van der Waals surface area contributed by atoms with E-state index in [2.05, 4.69) is 0 Å². The molecule has 0 spiro atoms. The molecular weight excluding hydrogens is 304 g/mol. The molecule has 2 atom stereocenters. The number of primary sulfonamides is 1. The van der Waals surface area contributed by atoms with Crippen LogP contribution in [0.4, 0.5) is 8.78 Å². The van der Waals surface area contributed by atoms with E-state index in [1.165, 1.54) is 0 Å². The standard InChI is InChI=1S/C13H17F2NO4S/c1-19-8-3-2-4-9(7-8)20-10-5-6-11(21(16,17)18)13(15)12(10)14/h5-6,8-9H,2-4,7H2,1H3,(H2,16,17,18). The second-order valence-electron chi connectivity index (χ2n) is 5.00. The fourth-order valence-corrected chi connectivity index (χ4v) is 3.02. The lowest BCUT2D eigenvalue weighted by molar-refractivity contribution is 0.0195. The fraction of sp³-hybridized carbons (Fsp3) is 0.538. The molecule has 5 nitrogen and oxygen atoms in total. The molecule has 2 N–H and O–H groups in total. The number of halogens is 2. The minimum absolute atomic E-state index is 0.0281. The van der Waals surface area contributed by atoms with Crippen molar-refractivity contribution < 1.29 is 26.7 Å². The van der Waals surface area contributed by atoms with Crippen LogP contribution in [0.5, 0.6) is 5.75 Å². The summed E-state index contributed by atoms with van der Waals surface area (Å²) in [5.41, 5.74) is 0. The predicted molar refractivity (Wildman–Crippen MR) is 71.4 cm³/mol. The largest absolute Gasteiger partial charge is 0.487 e. The van der Waals surface area contributed by atoms with Gasteiger partial charge in [-0.2, -0.15) is 4.39 Å². The van der Waals surface area contributed by atoms with Crippen LogP contribution >= 0.6 is 0 Å². The number of sulfonamides is 1. The third-order valence-corrected chi connectivity index (χ3v) is 4.45. The highest BCUT2D eigenvalue weighted by Crippen LogP contribution is 2.29. The average Bonchev–Trinajstić information content (AvgIpc) is 2.43. The van der Waals surface area contributed by atoms with Gasteiger partial charge in [0.05, 0.1) is 6.10 Å². The highest BCUT2D eigenvalue weighted by atomic mass is 32.2. The van der Waals surface area contributed by atoms with Gasteiger partial charge in [-0.25, -0.2) is 17.9 Å². The van der Waals surface area contributed by atoms with E-state index in [0.717, 1.165) is 25.0 Å². The predicted octanol–water partition coefficient (Wildman–Crippen LogP) is 1.95. The average molecular weight is 321 g/mol. The molecule has 118 valence electrons. The molecule has 0 saturated heterocycles. The number of ether oxygens (including phenoxy) is 2. The van der Waals surface area contributed by atoms with Crippen LogP contribution in [0.2, 0.25) is 0 Å². The SMILES string of the molecule is COC1CCCC(Oc2ccc(S(N)(=O)=O)c(F)c2F)C1. The van der Waals surface area contributed by atoms with Crippen LogP contribution in [0, 0.1) is 11.6 Å². The Hall–Kier alpha value is -1.25. The first-order chi connectivity index (χ1) is 9.82. The third kappa shape index (κ3) is 3.69. The Morgan fingerprint density at radius 3 is 2.48 bits per heavy atom. The zero-order chi connectivity index (χ0) is 15.6. The van der Waals surface area contributed by atoms with Crippen LogP contribution in [0.1, 0.15) is 25.7 Å². The molecule has 2 unspecified atom stereocenters. The minimum Gasteiger partial charge on any atom is -0.487 e. The van der Waals surface area contributed by atoms with Crippen LogP contribution in [0.3, 0.4) is 0 Å². The van der Waals surface area contributed by atoms with Crippen molar-refractivity contribution in [2.45, 2.75) is 42.8 Å².